The third-order valence-electron chi connectivity index (χ3n) is 2.44. The van der Waals surface area contributed by atoms with E-state index in [0.717, 1.165) is 10.8 Å². The molecule has 0 saturated carbocycles. The van der Waals surface area contributed by atoms with Gasteiger partial charge in [-0.05, 0) is 29.2 Å². The maximum Gasteiger partial charge on any atom is 0.153 e. The summed E-state index contributed by atoms with van der Waals surface area (Å²) in [7, 11) is 0. The van der Waals surface area contributed by atoms with E-state index >= 15 is 0 Å². The number of aromatic hydroxyl groups is 1. The number of phenolic OH excluding ortho intramolecular Hbond substituents is 1. The third kappa shape index (κ3) is 3.00. The van der Waals surface area contributed by atoms with Gasteiger partial charge in [0.2, 0.25) is 0 Å². The highest BCUT2D eigenvalue weighted by Gasteiger charge is 2.01. The van der Waals surface area contributed by atoms with Crippen LogP contribution in [0.15, 0.2) is 41.5 Å². The molecule has 5 heteroatoms. The summed E-state index contributed by atoms with van der Waals surface area (Å²) in [4.78, 5) is 0. The van der Waals surface area contributed by atoms with Crippen molar-refractivity contribution in [1.29, 1.82) is 0 Å². The molecule has 0 radical (unpaired) electrons. The number of fused-ring (bicyclic) bond motifs is 1. The average molecular weight is 276 g/mol. The molecule has 0 aliphatic rings. The fraction of sp³-hybridized carbons (Fsp3) is 0.0769. The zero-order chi connectivity index (χ0) is 13.0. The zero-order valence-corrected chi connectivity index (χ0v) is 11.4. The van der Waals surface area contributed by atoms with Crippen molar-refractivity contribution in [1.82, 2.24) is 5.43 Å². The van der Waals surface area contributed by atoms with Gasteiger partial charge in [-0.3, -0.25) is 5.43 Å². The summed E-state index contributed by atoms with van der Waals surface area (Å²) in [5.41, 5.74) is 3.37. The Bertz CT molecular complexity index is 611. The minimum atomic E-state index is 0.203. The van der Waals surface area contributed by atoms with Crippen molar-refractivity contribution in [2.24, 2.45) is 5.10 Å². The van der Waals surface area contributed by atoms with Gasteiger partial charge in [0.05, 0.1) is 6.21 Å². The first-order valence-corrected chi connectivity index (χ1v) is 6.93. The number of nitrogens with zero attached hydrogens (tertiary/aromatic N) is 1. The Kier molecular flexibility index (Phi) is 4.17. The summed E-state index contributed by atoms with van der Waals surface area (Å²) >= 11 is 6.37. The van der Waals surface area contributed by atoms with Gasteiger partial charge in [0.1, 0.15) is 5.75 Å². The highest BCUT2D eigenvalue weighted by atomic mass is 32.2. The van der Waals surface area contributed by atoms with Crippen LogP contribution in [0.1, 0.15) is 5.56 Å². The number of nitrogens with one attached hydrogen (secondary N) is 1. The number of rotatable bonds is 2. The normalized spacial score (nSPS) is 10.9. The molecule has 3 nitrogen and oxygen atoms in total. The van der Waals surface area contributed by atoms with Crippen molar-refractivity contribution in [3.63, 3.8) is 0 Å². The first kappa shape index (κ1) is 12.9. The van der Waals surface area contributed by atoms with Gasteiger partial charge in [-0.2, -0.15) is 5.10 Å². The summed E-state index contributed by atoms with van der Waals surface area (Å²) in [5.74, 6) is 0.203. The monoisotopic (exact) mass is 276 g/mol. The second kappa shape index (κ2) is 5.84. The minimum Gasteiger partial charge on any atom is -0.507 e. The van der Waals surface area contributed by atoms with E-state index in [1.807, 2.05) is 36.6 Å². The SMILES string of the molecule is CSC(=S)N/N=C/c1cc2ccccc2cc1O. The Hall–Kier alpha value is -1.59. The molecular formula is C13H12N2OS2. The van der Waals surface area contributed by atoms with E-state index in [-0.39, 0.29) is 5.75 Å². The summed E-state index contributed by atoms with van der Waals surface area (Å²) < 4.78 is 0.589. The average Bonchev–Trinajstić information content (AvgIpc) is 2.39. The van der Waals surface area contributed by atoms with Crippen LogP contribution in [0.5, 0.6) is 5.75 Å². The van der Waals surface area contributed by atoms with E-state index in [0.29, 0.717) is 9.88 Å². The summed E-state index contributed by atoms with van der Waals surface area (Å²) in [6.45, 7) is 0. The van der Waals surface area contributed by atoms with Crippen molar-refractivity contribution >= 4 is 45.3 Å². The van der Waals surface area contributed by atoms with Gasteiger partial charge in [0.15, 0.2) is 4.32 Å². The quantitative estimate of drug-likeness (QED) is 0.502. The Morgan fingerprint density at radius 1 is 1.33 bits per heavy atom. The molecule has 0 fully saturated rings. The number of thiocarbonyl (C=S) groups is 1. The van der Waals surface area contributed by atoms with Crippen molar-refractivity contribution < 1.29 is 5.11 Å². The van der Waals surface area contributed by atoms with E-state index in [4.69, 9.17) is 12.2 Å². The molecule has 2 aromatic carbocycles. The molecule has 0 aliphatic carbocycles. The standard InChI is InChI=1S/C13H12N2OS2/c1-18-13(17)15-14-8-11-6-9-4-2-3-5-10(9)7-12(11)16/h2-8,16H,1H3,(H,15,17)/b14-8+. The van der Waals surface area contributed by atoms with Crippen LogP contribution in [0.2, 0.25) is 0 Å². The van der Waals surface area contributed by atoms with Crippen LogP contribution < -0.4 is 5.43 Å². The van der Waals surface area contributed by atoms with Gasteiger partial charge in [0.25, 0.3) is 0 Å². The predicted octanol–water partition coefficient (Wildman–Crippen LogP) is 3.12. The van der Waals surface area contributed by atoms with E-state index in [9.17, 15) is 5.11 Å². The first-order chi connectivity index (χ1) is 8.70. The molecule has 0 heterocycles. The van der Waals surface area contributed by atoms with Crippen LogP contribution in [0, 0.1) is 0 Å². The minimum absolute atomic E-state index is 0.203. The smallest absolute Gasteiger partial charge is 0.153 e. The van der Waals surface area contributed by atoms with E-state index in [2.05, 4.69) is 10.5 Å². The molecule has 2 N–H and O–H groups in total. The number of thioether (sulfide) groups is 1. The van der Waals surface area contributed by atoms with Crippen molar-refractivity contribution in [2.75, 3.05) is 6.26 Å². The van der Waals surface area contributed by atoms with Crippen molar-refractivity contribution in [3.05, 3.63) is 42.0 Å². The predicted molar refractivity (Wildman–Crippen MR) is 82.5 cm³/mol. The highest BCUT2D eigenvalue weighted by Crippen LogP contribution is 2.23. The van der Waals surface area contributed by atoms with E-state index < -0.39 is 0 Å². The Morgan fingerprint density at radius 3 is 2.67 bits per heavy atom. The molecular weight excluding hydrogens is 264 g/mol. The molecule has 2 aromatic rings. The molecule has 0 amide bonds. The molecule has 0 unspecified atom stereocenters. The topological polar surface area (TPSA) is 44.6 Å². The van der Waals surface area contributed by atoms with Crippen LogP contribution >= 0.6 is 24.0 Å². The van der Waals surface area contributed by atoms with E-state index in [1.165, 1.54) is 11.8 Å². The van der Waals surface area contributed by atoms with Gasteiger partial charge in [-0.25, -0.2) is 0 Å². The molecule has 0 bridgehead atoms. The second-order valence-corrected chi connectivity index (χ2v) is 5.10. The van der Waals surface area contributed by atoms with Gasteiger partial charge in [0, 0.05) is 5.56 Å². The Morgan fingerprint density at radius 2 is 2.00 bits per heavy atom. The van der Waals surface area contributed by atoms with Crippen LogP contribution in [0.3, 0.4) is 0 Å². The van der Waals surface area contributed by atoms with Gasteiger partial charge in [-0.15, -0.1) is 0 Å². The zero-order valence-electron chi connectivity index (χ0n) is 9.75. The lowest BCUT2D eigenvalue weighted by atomic mass is 10.1. The summed E-state index contributed by atoms with van der Waals surface area (Å²) in [5, 5.41) is 15.9. The Labute approximate surface area is 115 Å². The van der Waals surface area contributed by atoms with Gasteiger partial charge >= 0.3 is 0 Å². The molecule has 2 rings (SSSR count). The van der Waals surface area contributed by atoms with E-state index in [1.54, 1.807) is 12.3 Å². The Balaban J connectivity index is 2.28. The highest BCUT2D eigenvalue weighted by molar-refractivity contribution is 8.22. The lowest BCUT2D eigenvalue weighted by Crippen LogP contribution is -2.10. The van der Waals surface area contributed by atoms with Crippen molar-refractivity contribution in [3.8, 4) is 5.75 Å². The molecule has 0 aromatic heterocycles. The fourth-order valence-corrected chi connectivity index (χ4v) is 1.75. The van der Waals surface area contributed by atoms with Crippen molar-refractivity contribution in [2.45, 2.75) is 0 Å². The lowest BCUT2D eigenvalue weighted by Gasteiger charge is -2.03. The first-order valence-electron chi connectivity index (χ1n) is 5.29. The second-order valence-electron chi connectivity index (χ2n) is 3.62. The number of phenols is 1. The summed E-state index contributed by atoms with van der Waals surface area (Å²) in [6.07, 6.45) is 3.43. The molecule has 0 spiro atoms. The van der Waals surface area contributed by atoms with Crippen LogP contribution in [-0.4, -0.2) is 21.9 Å². The van der Waals surface area contributed by atoms with Crippen LogP contribution in [0.25, 0.3) is 10.8 Å². The van der Waals surface area contributed by atoms with Gasteiger partial charge < -0.3 is 5.11 Å². The molecule has 0 saturated heterocycles. The maximum absolute atomic E-state index is 9.87. The molecule has 0 atom stereocenters. The van der Waals surface area contributed by atoms with Gasteiger partial charge in [-0.1, -0.05) is 48.2 Å². The van der Waals surface area contributed by atoms with Crippen LogP contribution in [0.4, 0.5) is 0 Å². The maximum atomic E-state index is 9.87. The molecule has 18 heavy (non-hydrogen) atoms. The largest absolute Gasteiger partial charge is 0.507 e. The summed E-state index contributed by atoms with van der Waals surface area (Å²) in [6, 6.07) is 11.5. The number of hydrogen-bond acceptors (Lipinski definition) is 4. The fourth-order valence-electron chi connectivity index (χ4n) is 1.55. The molecule has 0 aliphatic heterocycles. The number of hydrazone groups is 1. The van der Waals surface area contributed by atoms with Crippen LogP contribution in [-0.2, 0) is 0 Å². The lowest BCUT2D eigenvalue weighted by molar-refractivity contribution is 0.475. The third-order valence-corrected chi connectivity index (χ3v) is 3.49. The number of hydrogen-bond donors (Lipinski definition) is 2. The number of benzene rings is 2. The molecule has 92 valence electrons.